The molecule has 3 nitrogen and oxygen atoms in total. The van der Waals surface area contributed by atoms with Crippen molar-refractivity contribution in [1.82, 2.24) is 4.98 Å². The second-order valence-corrected chi connectivity index (χ2v) is 3.94. The molecule has 0 saturated carbocycles. The van der Waals surface area contributed by atoms with Gasteiger partial charge in [-0.3, -0.25) is 0 Å². The zero-order chi connectivity index (χ0) is 12.3. The van der Waals surface area contributed by atoms with Crippen molar-refractivity contribution in [2.24, 2.45) is 0 Å². The molecule has 1 aromatic heterocycles. The lowest BCUT2D eigenvalue weighted by Crippen LogP contribution is -1.97. The fourth-order valence-electron chi connectivity index (χ4n) is 1.76. The number of benzene rings is 1. The van der Waals surface area contributed by atoms with Crippen molar-refractivity contribution in [3.63, 3.8) is 0 Å². The number of rotatable bonds is 3. The maximum Gasteiger partial charge on any atom is 0.131 e. The lowest BCUT2D eigenvalue weighted by molar-refractivity contribution is 0.119. The van der Waals surface area contributed by atoms with Crippen molar-refractivity contribution < 1.29 is 4.74 Å². The van der Waals surface area contributed by atoms with Crippen molar-refractivity contribution in [2.75, 3.05) is 12.8 Å². The van der Waals surface area contributed by atoms with E-state index in [4.69, 9.17) is 10.5 Å². The zero-order valence-corrected chi connectivity index (χ0v) is 10.1. The Hall–Kier alpha value is -1.87. The molecule has 1 unspecified atom stereocenters. The first-order valence-corrected chi connectivity index (χ1v) is 5.56. The number of nitrogens with zero attached hydrogens (tertiary/aromatic N) is 1. The summed E-state index contributed by atoms with van der Waals surface area (Å²) in [5.41, 5.74) is 9.02. The minimum absolute atomic E-state index is 0.0767. The van der Waals surface area contributed by atoms with Gasteiger partial charge in [-0.2, -0.15) is 0 Å². The maximum absolute atomic E-state index is 5.87. The Kier molecular flexibility index (Phi) is 3.40. The Morgan fingerprint density at radius 2 is 2.06 bits per heavy atom. The molecule has 88 valence electrons. The number of hydrogen-bond acceptors (Lipinski definition) is 3. The quantitative estimate of drug-likeness (QED) is 0.878. The van der Waals surface area contributed by atoms with Crippen LogP contribution in [-0.2, 0) is 4.74 Å². The van der Waals surface area contributed by atoms with Crippen LogP contribution in [0.5, 0.6) is 0 Å². The number of hydrogen-bond donors (Lipinski definition) is 1. The highest BCUT2D eigenvalue weighted by molar-refractivity contribution is 5.73. The summed E-state index contributed by atoms with van der Waals surface area (Å²) >= 11 is 0. The molecule has 2 aromatic rings. The number of nitrogens with two attached hydrogens (primary N) is 1. The Morgan fingerprint density at radius 1 is 1.24 bits per heavy atom. The molecular formula is C14H16N2O. The van der Waals surface area contributed by atoms with Gasteiger partial charge in [0, 0.05) is 18.9 Å². The maximum atomic E-state index is 5.87. The van der Waals surface area contributed by atoms with E-state index in [0.29, 0.717) is 5.82 Å². The minimum atomic E-state index is 0.0767. The number of anilines is 1. The van der Waals surface area contributed by atoms with Crippen molar-refractivity contribution in [3.8, 4) is 11.1 Å². The van der Waals surface area contributed by atoms with Crippen LogP contribution in [0.3, 0.4) is 0 Å². The molecule has 17 heavy (non-hydrogen) atoms. The summed E-state index contributed by atoms with van der Waals surface area (Å²) in [6.45, 7) is 2.02. The first-order valence-electron chi connectivity index (χ1n) is 5.56. The molecular weight excluding hydrogens is 212 g/mol. The Labute approximate surface area is 101 Å². The number of nitrogen functional groups attached to an aromatic ring is 1. The molecule has 0 radical (unpaired) electrons. The van der Waals surface area contributed by atoms with E-state index in [1.807, 2.05) is 37.3 Å². The van der Waals surface area contributed by atoms with Crippen LogP contribution in [0, 0.1) is 0 Å². The monoisotopic (exact) mass is 228 g/mol. The first kappa shape index (κ1) is 11.6. The average molecular weight is 228 g/mol. The van der Waals surface area contributed by atoms with Crippen LogP contribution in [0.2, 0.25) is 0 Å². The zero-order valence-electron chi connectivity index (χ0n) is 10.1. The highest BCUT2D eigenvalue weighted by Gasteiger charge is 2.07. The topological polar surface area (TPSA) is 48.1 Å². The summed E-state index contributed by atoms with van der Waals surface area (Å²) in [7, 11) is 1.70. The fraction of sp³-hybridized carbons (Fsp3) is 0.214. The number of ether oxygens (including phenoxy) is 1. The van der Waals surface area contributed by atoms with E-state index >= 15 is 0 Å². The van der Waals surface area contributed by atoms with E-state index in [9.17, 15) is 0 Å². The van der Waals surface area contributed by atoms with E-state index in [-0.39, 0.29) is 6.10 Å². The largest absolute Gasteiger partial charge is 0.383 e. The third-order valence-corrected chi connectivity index (χ3v) is 2.86. The summed E-state index contributed by atoms with van der Waals surface area (Å²) in [6.07, 6.45) is 1.77. The Morgan fingerprint density at radius 3 is 2.76 bits per heavy atom. The van der Waals surface area contributed by atoms with Crippen LogP contribution in [0.15, 0.2) is 42.6 Å². The van der Waals surface area contributed by atoms with Crippen LogP contribution in [-0.4, -0.2) is 12.1 Å². The Balaban J connectivity index is 2.43. The van der Waals surface area contributed by atoms with Crippen molar-refractivity contribution >= 4 is 5.82 Å². The SMILES string of the molecule is COC(C)c1cccc(-c2cccnc2N)c1. The van der Waals surface area contributed by atoms with Crippen molar-refractivity contribution in [3.05, 3.63) is 48.2 Å². The first-order chi connectivity index (χ1) is 8.22. The van der Waals surface area contributed by atoms with Crippen molar-refractivity contribution in [2.45, 2.75) is 13.0 Å². The summed E-state index contributed by atoms with van der Waals surface area (Å²) in [4.78, 5) is 4.10. The third-order valence-electron chi connectivity index (χ3n) is 2.86. The normalized spacial score (nSPS) is 12.4. The van der Waals surface area contributed by atoms with Gasteiger partial charge < -0.3 is 10.5 Å². The molecule has 0 fully saturated rings. The summed E-state index contributed by atoms with van der Waals surface area (Å²) in [6, 6.07) is 12.0. The molecule has 0 bridgehead atoms. The van der Waals surface area contributed by atoms with Gasteiger partial charge in [-0.05, 0) is 36.2 Å². The summed E-state index contributed by atoms with van der Waals surface area (Å²) < 4.78 is 5.31. The molecule has 0 spiro atoms. The summed E-state index contributed by atoms with van der Waals surface area (Å²) in [5, 5.41) is 0. The second kappa shape index (κ2) is 4.97. The van der Waals surface area contributed by atoms with Gasteiger partial charge in [0.15, 0.2) is 0 Å². The highest BCUT2D eigenvalue weighted by Crippen LogP contribution is 2.27. The molecule has 1 atom stereocenters. The second-order valence-electron chi connectivity index (χ2n) is 3.94. The predicted octanol–water partition coefficient (Wildman–Crippen LogP) is 3.04. The molecule has 0 saturated heterocycles. The minimum Gasteiger partial charge on any atom is -0.383 e. The van der Waals surface area contributed by atoms with Crippen LogP contribution in [0.25, 0.3) is 11.1 Å². The Bertz CT molecular complexity index is 511. The summed E-state index contributed by atoms with van der Waals surface area (Å²) in [5.74, 6) is 0.551. The molecule has 0 amide bonds. The molecule has 2 rings (SSSR count). The molecule has 0 aliphatic rings. The van der Waals surface area contributed by atoms with Crippen LogP contribution in [0.4, 0.5) is 5.82 Å². The van der Waals surface area contributed by atoms with E-state index in [1.165, 1.54) is 0 Å². The van der Waals surface area contributed by atoms with Gasteiger partial charge >= 0.3 is 0 Å². The van der Waals surface area contributed by atoms with Gasteiger partial charge in [0.2, 0.25) is 0 Å². The smallest absolute Gasteiger partial charge is 0.131 e. The fourth-order valence-corrected chi connectivity index (χ4v) is 1.76. The number of aromatic nitrogens is 1. The van der Waals surface area contributed by atoms with E-state index in [0.717, 1.165) is 16.7 Å². The third kappa shape index (κ3) is 2.45. The molecule has 1 heterocycles. The highest BCUT2D eigenvalue weighted by atomic mass is 16.5. The van der Waals surface area contributed by atoms with Gasteiger partial charge in [-0.1, -0.05) is 18.2 Å². The number of pyridine rings is 1. The van der Waals surface area contributed by atoms with Gasteiger partial charge in [-0.25, -0.2) is 4.98 Å². The standard InChI is InChI=1S/C14H16N2O/c1-10(17-2)11-5-3-6-12(9-11)13-7-4-8-16-14(13)15/h3-10H,1-2H3,(H2,15,16). The van der Waals surface area contributed by atoms with E-state index in [1.54, 1.807) is 13.3 Å². The molecule has 3 heteroatoms. The van der Waals surface area contributed by atoms with Gasteiger partial charge in [0.1, 0.15) is 5.82 Å². The van der Waals surface area contributed by atoms with E-state index in [2.05, 4.69) is 11.1 Å². The molecule has 0 aliphatic carbocycles. The number of methoxy groups -OCH3 is 1. The lowest BCUT2D eigenvalue weighted by Gasteiger charge is -2.12. The van der Waals surface area contributed by atoms with Crippen molar-refractivity contribution in [1.29, 1.82) is 0 Å². The molecule has 0 aliphatic heterocycles. The average Bonchev–Trinajstić information content (AvgIpc) is 2.38. The van der Waals surface area contributed by atoms with Crippen LogP contribution < -0.4 is 5.73 Å². The van der Waals surface area contributed by atoms with Gasteiger partial charge in [-0.15, -0.1) is 0 Å². The van der Waals surface area contributed by atoms with E-state index < -0.39 is 0 Å². The van der Waals surface area contributed by atoms with Gasteiger partial charge in [0.25, 0.3) is 0 Å². The van der Waals surface area contributed by atoms with Crippen LogP contribution >= 0.6 is 0 Å². The predicted molar refractivity (Wildman–Crippen MR) is 69.5 cm³/mol. The van der Waals surface area contributed by atoms with Crippen LogP contribution in [0.1, 0.15) is 18.6 Å². The van der Waals surface area contributed by atoms with Gasteiger partial charge in [0.05, 0.1) is 6.10 Å². The molecule has 1 aromatic carbocycles. The lowest BCUT2D eigenvalue weighted by atomic mass is 10.0. The molecule has 2 N–H and O–H groups in total.